The van der Waals surface area contributed by atoms with Crippen LogP contribution in [-0.2, 0) is 4.74 Å². The molecule has 0 atom stereocenters. The van der Waals surface area contributed by atoms with Crippen LogP contribution in [0.3, 0.4) is 0 Å². The second-order valence-corrected chi connectivity index (χ2v) is 8.01. The molecular formula is C22H28N2O2S. The van der Waals surface area contributed by atoms with Gasteiger partial charge in [-0.1, -0.05) is 48.5 Å². The van der Waals surface area contributed by atoms with Gasteiger partial charge in [0.15, 0.2) is 0 Å². The first-order valence-electron chi connectivity index (χ1n) is 9.59. The predicted octanol–water partition coefficient (Wildman–Crippen LogP) is 5.12. The molecule has 0 N–H and O–H groups in total. The number of para-hydroxylation sites is 1. The molecule has 5 heteroatoms. The Labute approximate surface area is 166 Å². The Bertz CT molecular complexity index is 786. The van der Waals surface area contributed by atoms with Gasteiger partial charge < -0.3 is 14.5 Å². The number of hydrogen-bond acceptors (Lipinski definition) is 4. The lowest BCUT2D eigenvalue weighted by atomic mass is 10.2. The number of anilines is 1. The number of hydrogen-bond donors (Lipinski definition) is 0. The highest BCUT2D eigenvalue weighted by molar-refractivity contribution is 7.99. The molecule has 2 aromatic rings. The molecule has 3 rings (SSSR count). The molecule has 4 nitrogen and oxygen atoms in total. The fourth-order valence-corrected chi connectivity index (χ4v) is 4.29. The molecule has 0 bridgehead atoms. The third-order valence-corrected chi connectivity index (χ3v) is 5.97. The summed E-state index contributed by atoms with van der Waals surface area (Å²) in [6.07, 6.45) is 0.670. The highest BCUT2D eigenvalue weighted by Crippen LogP contribution is 2.37. The molecule has 1 amide bonds. The third-order valence-electron chi connectivity index (χ3n) is 4.72. The molecule has 1 aliphatic heterocycles. The molecule has 0 radical (unpaired) electrons. The molecule has 0 spiro atoms. The van der Waals surface area contributed by atoms with Crippen LogP contribution in [-0.4, -0.2) is 43.8 Å². The normalized spacial score (nSPS) is 14.3. The van der Waals surface area contributed by atoms with Crippen molar-refractivity contribution in [1.29, 1.82) is 0 Å². The van der Waals surface area contributed by atoms with Crippen LogP contribution in [0, 0.1) is 13.8 Å². The molecule has 0 saturated carbocycles. The lowest BCUT2D eigenvalue weighted by Crippen LogP contribution is -2.49. The van der Waals surface area contributed by atoms with Crippen LogP contribution < -0.4 is 4.90 Å². The zero-order valence-corrected chi connectivity index (χ0v) is 17.2. The van der Waals surface area contributed by atoms with Gasteiger partial charge in [0, 0.05) is 36.0 Å². The summed E-state index contributed by atoms with van der Waals surface area (Å²) >= 11 is 1.81. The highest BCUT2D eigenvalue weighted by atomic mass is 32.2. The van der Waals surface area contributed by atoms with Gasteiger partial charge in [0.05, 0.1) is 12.3 Å². The van der Waals surface area contributed by atoms with Crippen molar-refractivity contribution in [1.82, 2.24) is 4.90 Å². The van der Waals surface area contributed by atoms with E-state index >= 15 is 0 Å². The van der Waals surface area contributed by atoms with Crippen LogP contribution in [0.5, 0.6) is 0 Å². The quantitative estimate of drug-likeness (QED) is 0.716. The van der Waals surface area contributed by atoms with E-state index in [1.165, 1.54) is 26.6 Å². The lowest BCUT2D eigenvalue weighted by Gasteiger charge is -2.36. The van der Waals surface area contributed by atoms with E-state index in [1.54, 1.807) is 0 Å². The summed E-state index contributed by atoms with van der Waals surface area (Å²) in [5.74, 6) is 0. The van der Waals surface area contributed by atoms with Crippen molar-refractivity contribution < 1.29 is 9.53 Å². The van der Waals surface area contributed by atoms with Crippen LogP contribution in [0.15, 0.2) is 52.3 Å². The summed E-state index contributed by atoms with van der Waals surface area (Å²) < 4.78 is 5.26. The molecule has 1 heterocycles. The van der Waals surface area contributed by atoms with Crippen molar-refractivity contribution in [2.75, 3.05) is 37.7 Å². The maximum absolute atomic E-state index is 12.1. The molecule has 2 aromatic carbocycles. The van der Waals surface area contributed by atoms with Crippen LogP contribution >= 0.6 is 11.8 Å². The number of piperazine rings is 1. The van der Waals surface area contributed by atoms with E-state index < -0.39 is 0 Å². The van der Waals surface area contributed by atoms with Crippen LogP contribution in [0.4, 0.5) is 10.5 Å². The van der Waals surface area contributed by atoms with Crippen LogP contribution in [0.2, 0.25) is 0 Å². The number of aryl methyl sites for hydroxylation is 2. The Morgan fingerprint density at radius 2 is 1.78 bits per heavy atom. The topological polar surface area (TPSA) is 32.8 Å². The summed E-state index contributed by atoms with van der Waals surface area (Å²) in [7, 11) is 0. The summed E-state index contributed by atoms with van der Waals surface area (Å²) in [5, 5.41) is 0. The lowest BCUT2D eigenvalue weighted by molar-refractivity contribution is 0.100. The van der Waals surface area contributed by atoms with E-state index in [4.69, 9.17) is 4.74 Å². The summed E-state index contributed by atoms with van der Waals surface area (Å²) in [4.78, 5) is 18.8. The van der Waals surface area contributed by atoms with Gasteiger partial charge in [0.2, 0.25) is 0 Å². The van der Waals surface area contributed by atoms with E-state index in [-0.39, 0.29) is 6.09 Å². The molecule has 0 aromatic heterocycles. The fourth-order valence-electron chi connectivity index (χ4n) is 3.25. The molecule has 0 unspecified atom stereocenters. The zero-order valence-electron chi connectivity index (χ0n) is 16.4. The van der Waals surface area contributed by atoms with E-state index in [0.29, 0.717) is 19.7 Å². The maximum Gasteiger partial charge on any atom is 0.409 e. The summed E-state index contributed by atoms with van der Waals surface area (Å²) in [5.41, 5.74) is 3.83. The second-order valence-electron chi connectivity index (χ2n) is 6.93. The fraction of sp³-hybridized carbons (Fsp3) is 0.409. The number of benzene rings is 2. The highest BCUT2D eigenvalue weighted by Gasteiger charge is 2.23. The Hall–Kier alpha value is -2.14. The Morgan fingerprint density at radius 1 is 1.04 bits per heavy atom. The first kappa shape index (κ1) is 19.6. The number of ether oxygens (including phenoxy) is 1. The largest absolute Gasteiger partial charge is 0.449 e. The van der Waals surface area contributed by atoms with Crippen molar-refractivity contribution in [3.63, 3.8) is 0 Å². The first-order valence-corrected chi connectivity index (χ1v) is 10.4. The van der Waals surface area contributed by atoms with Gasteiger partial charge in [-0.15, -0.1) is 0 Å². The van der Waals surface area contributed by atoms with Crippen molar-refractivity contribution in [3.8, 4) is 0 Å². The second kappa shape index (κ2) is 9.18. The van der Waals surface area contributed by atoms with E-state index in [9.17, 15) is 4.79 Å². The van der Waals surface area contributed by atoms with Gasteiger partial charge in [0.25, 0.3) is 0 Å². The summed E-state index contributed by atoms with van der Waals surface area (Å²) in [6, 6.07) is 15.1. The van der Waals surface area contributed by atoms with E-state index in [1.807, 2.05) is 23.6 Å². The number of carbonyl (C=O) groups is 1. The average Bonchev–Trinajstić information content (AvgIpc) is 2.69. The molecule has 1 aliphatic rings. The minimum atomic E-state index is -0.186. The van der Waals surface area contributed by atoms with E-state index in [0.717, 1.165) is 19.5 Å². The van der Waals surface area contributed by atoms with Gasteiger partial charge in [-0.25, -0.2) is 4.79 Å². The van der Waals surface area contributed by atoms with E-state index in [2.05, 4.69) is 61.2 Å². The molecule has 1 fully saturated rings. The molecular weight excluding hydrogens is 356 g/mol. The van der Waals surface area contributed by atoms with Crippen LogP contribution in [0.1, 0.15) is 24.5 Å². The maximum atomic E-state index is 12.1. The minimum Gasteiger partial charge on any atom is -0.449 e. The van der Waals surface area contributed by atoms with Crippen molar-refractivity contribution in [2.24, 2.45) is 0 Å². The standard InChI is InChI=1S/C22H28N2O2S/c1-4-15-26-22(25)24-13-11-23(12-14-24)19-7-5-6-8-21(19)27-20-10-9-17(2)16-18(20)3/h5-10,16H,4,11-15H2,1-3H3. The SMILES string of the molecule is CCCOC(=O)N1CCN(c2ccccc2Sc2ccc(C)cc2C)CC1. The van der Waals surface area contributed by atoms with Crippen molar-refractivity contribution in [3.05, 3.63) is 53.6 Å². The number of amides is 1. The molecule has 144 valence electrons. The van der Waals surface area contributed by atoms with Gasteiger partial charge in [-0.2, -0.15) is 0 Å². The summed E-state index contributed by atoms with van der Waals surface area (Å²) in [6.45, 7) is 9.84. The zero-order chi connectivity index (χ0) is 19.2. The van der Waals surface area contributed by atoms with Gasteiger partial charge >= 0.3 is 6.09 Å². The minimum absolute atomic E-state index is 0.186. The van der Waals surface area contributed by atoms with Crippen molar-refractivity contribution >= 4 is 23.5 Å². The number of nitrogens with zero attached hydrogens (tertiary/aromatic N) is 2. The van der Waals surface area contributed by atoms with Gasteiger partial charge in [0.1, 0.15) is 0 Å². The smallest absolute Gasteiger partial charge is 0.409 e. The average molecular weight is 385 g/mol. The molecule has 27 heavy (non-hydrogen) atoms. The van der Waals surface area contributed by atoms with Crippen LogP contribution in [0.25, 0.3) is 0 Å². The van der Waals surface area contributed by atoms with Gasteiger partial charge in [-0.05, 0) is 44.0 Å². The number of rotatable bonds is 5. The third kappa shape index (κ3) is 4.98. The Morgan fingerprint density at radius 3 is 2.48 bits per heavy atom. The number of carbonyl (C=O) groups excluding carboxylic acids is 1. The molecule has 1 saturated heterocycles. The predicted molar refractivity (Wildman–Crippen MR) is 112 cm³/mol. The first-order chi connectivity index (χ1) is 13.1. The Kier molecular flexibility index (Phi) is 6.67. The monoisotopic (exact) mass is 384 g/mol. The van der Waals surface area contributed by atoms with Crippen molar-refractivity contribution in [2.45, 2.75) is 37.0 Å². The Balaban J connectivity index is 1.69. The molecule has 0 aliphatic carbocycles. The van der Waals surface area contributed by atoms with Gasteiger partial charge in [-0.3, -0.25) is 0 Å².